The molecule has 0 bridgehead atoms. The summed E-state index contributed by atoms with van der Waals surface area (Å²) in [5, 5.41) is 3.57. The topological polar surface area (TPSA) is 41.5 Å². The maximum atomic E-state index is 11.0. The van der Waals surface area contributed by atoms with E-state index in [1.807, 2.05) is 6.07 Å². The third-order valence-electron chi connectivity index (χ3n) is 2.85. The average molecular weight is 232 g/mol. The minimum Gasteiger partial charge on any atom is -0.305 e. The first kappa shape index (κ1) is 9.90. The predicted molar refractivity (Wildman–Crippen MR) is 65.6 cm³/mol. The molecule has 1 unspecified atom stereocenters. The molecular formula is C12H12N2OS. The SMILES string of the molecule is O=C1CSC(=N[C@H]2CC2c2ccccc2)N1. The number of rotatable bonds is 2. The molecule has 1 amide bonds. The van der Waals surface area contributed by atoms with Gasteiger partial charge in [0.05, 0.1) is 11.8 Å². The molecule has 4 heteroatoms. The third kappa shape index (κ3) is 1.97. The molecule has 3 nitrogen and oxygen atoms in total. The second-order valence-electron chi connectivity index (χ2n) is 4.09. The Bertz CT molecular complexity index is 444. The molecule has 2 fully saturated rings. The van der Waals surface area contributed by atoms with Crippen LogP contribution in [0.5, 0.6) is 0 Å². The van der Waals surface area contributed by atoms with Crippen molar-refractivity contribution in [2.75, 3.05) is 5.75 Å². The first-order chi connectivity index (χ1) is 7.83. The Balaban J connectivity index is 1.67. The lowest BCUT2D eigenvalue weighted by molar-refractivity contribution is -0.116. The van der Waals surface area contributed by atoms with Crippen molar-refractivity contribution in [2.45, 2.75) is 18.4 Å². The fraction of sp³-hybridized carbons (Fsp3) is 0.333. The van der Waals surface area contributed by atoms with Gasteiger partial charge in [0.2, 0.25) is 5.91 Å². The van der Waals surface area contributed by atoms with Crippen molar-refractivity contribution >= 4 is 22.8 Å². The van der Waals surface area contributed by atoms with E-state index in [9.17, 15) is 4.79 Å². The standard InChI is InChI=1S/C12H12N2OS/c15-11-7-16-12(14-11)13-10-6-9(10)8-4-2-1-3-5-8/h1-5,9-10H,6-7H2,(H,13,14,15)/t9?,10-/m0/s1. The Kier molecular flexibility index (Phi) is 2.44. The van der Waals surface area contributed by atoms with Crippen LogP contribution >= 0.6 is 11.8 Å². The van der Waals surface area contributed by atoms with Crippen LogP contribution in [0, 0.1) is 0 Å². The van der Waals surface area contributed by atoms with Gasteiger partial charge in [0, 0.05) is 5.92 Å². The Morgan fingerprint density at radius 2 is 2.12 bits per heavy atom. The van der Waals surface area contributed by atoms with Gasteiger partial charge >= 0.3 is 0 Å². The number of thioether (sulfide) groups is 1. The minimum atomic E-state index is 0.0701. The van der Waals surface area contributed by atoms with Gasteiger partial charge in [-0.2, -0.15) is 0 Å². The van der Waals surface area contributed by atoms with E-state index in [1.54, 1.807) is 0 Å². The predicted octanol–water partition coefficient (Wildman–Crippen LogP) is 1.76. The molecule has 1 aliphatic carbocycles. The quantitative estimate of drug-likeness (QED) is 0.844. The fourth-order valence-corrected chi connectivity index (χ4v) is 2.66. The van der Waals surface area contributed by atoms with Gasteiger partial charge in [-0.3, -0.25) is 9.79 Å². The summed E-state index contributed by atoms with van der Waals surface area (Å²) < 4.78 is 0. The van der Waals surface area contributed by atoms with E-state index in [1.165, 1.54) is 17.3 Å². The molecular weight excluding hydrogens is 220 g/mol. The minimum absolute atomic E-state index is 0.0701. The molecule has 0 spiro atoms. The number of hydrogen-bond acceptors (Lipinski definition) is 3. The van der Waals surface area contributed by atoms with Crippen molar-refractivity contribution in [3.63, 3.8) is 0 Å². The molecule has 0 aromatic heterocycles. The normalized spacial score (nSPS) is 30.5. The second-order valence-corrected chi connectivity index (χ2v) is 5.06. The number of benzene rings is 1. The summed E-state index contributed by atoms with van der Waals surface area (Å²) >= 11 is 1.51. The first-order valence-corrected chi connectivity index (χ1v) is 6.37. The van der Waals surface area contributed by atoms with E-state index in [4.69, 9.17) is 0 Å². The Hall–Kier alpha value is -1.29. The lowest BCUT2D eigenvalue weighted by Gasteiger charge is -1.97. The molecule has 1 aromatic rings. The summed E-state index contributed by atoms with van der Waals surface area (Å²) in [5.41, 5.74) is 1.35. The van der Waals surface area contributed by atoms with Gasteiger partial charge in [0.25, 0.3) is 0 Å². The van der Waals surface area contributed by atoms with Gasteiger partial charge < -0.3 is 5.32 Å². The monoisotopic (exact) mass is 232 g/mol. The molecule has 3 rings (SSSR count). The van der Waals surface area contributed by atoms with Crippen LogP contribution in [0.25, 0.3) is 0 Å². The largest absolute Gasteiger partial charge is 0.305 e. The molecule has 82 valence electrons. The van der Waals surface area contributed by atoms with E-state index < -0.39 is 0 Å². The number of amides is 1. The zero-order chi connectivity index (χ0) is 11.0. The van der Waals surface area contributed by atoms with Crippen LogP contribution in [0.2, 0.25) is 0 Å². The molecule has 1 N–H and O–H groups in total. The van der Waals surface area contributed by atoms with Crippen molar-refractivity contribution in [3.05, 3.63) is 35.9 Å². The number of aliphatic imine (C=N–C) groups is 1. The van der Waals surface area contributed by atoms with Gasteiger partial charge in [-0.05, 0) is 12.0 Å². The number of amidine groups is 1. The molecule has 16 heavy (non-hydrogen) atoms. The molecule has 1 saturated carbocycles. The van der Waals surface area contributed by atoms with Crippen molar-refractivity contribution < 1.29 is 4.79 Å². The van der Waals surface area contributed by atoms with Gasteiger partial charge in [-0.25, -0.2) is 0 Å². The number of nitrogens with zero attached hydrogens (tertiary/aromatic N) is 1. The van der Waals surface area contributed by atoms with Crippen LogP contribution in [-0.4, -0.2) is 22.9 Å². The summed E-state index contributed by atoms with van der Waals surface area (Å²) in [6, 6.07) is 10.8. The summed E-state index contributed by atoms with van der Waals surface area (Å²) in [6.45, 7) is 0. The highest BCUT2D eigenvalue weighted by atomic mass is 32.2. The van der Waals surface area contributed by atoms with Crippen LogP contribution in [0.4, 0.5) is 0 Å². The number of carbonyl (C=O) groups excluding carboxylic acids is 1. The summed E-state index contributed by atoms with van der Waals surface area (Å²) in [7, 11) is 0. The van der Waals surface area contributed by atoms with Crippen molar-refractivity contribution in [3.8, 4) is 0 Å². The smallest absolute Gasteiger partial charge is 0.236 e. The first-order valence-electron chi connectivity index (χ1n) is 5.38. The Labute approximate surface area is 98.3 Å². The Morgan fingerprint density at radius 1 is 1.31 bits per heavy atom. The lowest BCUT2D eigenvalue weighted by atomic mass is 10.1. The maximum Gasteiger partial charge on any atom is 0.236 e. The number of hydrogen-bond donors (Lipinski definition) is 1. The molecule has 1 aliphatic heterocycles. The van der Waals surface area contributed by atoms with Crippen LogP contribution in [0.15, 0.2) is 35.3 Å². The Morgan fingerprint density at radius 3 is 2.81 bits per heavy atom. The zero-order valence-electron chi connectivity index (χ0n) is 8.72. The highest BCUT2D eigenvalue weighted by molar-refractivity contribution is 8.15. The second kappa shape index (κ2) is 3.94. The number of carbonyl (C=O) groups is 1. The summed E-state index contributed by atoms with van der Waals surface area (Å²) in [6.07, 6.45) is 1.10. The van der Waals surface area contributed by atoms with E-state index in [2.05, 4.69) is 34.6 Å². The van der Waals surface area contributed by atoms with Crippen LogP contribution in [0.1, 0.15) is 17.9 Å². The molecule has 2 aliphatic rings. The molecule has 1 aromatic carbocycles. The average Bonchev–Trinajstić information content (AvgIpc) is 2.95. The van der Waals surface area contributed by atoms with Crippen molar-refractivity contribution in [1.29, 1.82) is 0 Å². The summed E-state index contributed by atoms with van der Waals surface area (Å²) in [5.74, 6) is 1.13. The lowest BCUT2D eigenvalue weighted by Crippen LogP contribution is -2.20. The maximum absolute atomic E-state index is 11.0. The van der Waals surface area contributed by atoms with Gasteiger partial charge in [-0.1, -0.05) is 42.1 Å². The number of nitrogens with one attached hydrogen (secondary N) is 1. The van der Waals surface area contributed by atoms with Crippen molar-refractivity contribution in [1.82, 2.24) is 5.32 Å². The molecule has 1 heterocycles. The zero-order valence-corrected chi connectivity index (χ0v) is 9.54. The molecule has 0 radical (unpaired) electrons. The molecule has 1 saturated heterocycles. The van der Waals surface area contributed by atoms with E-state index in [-0.39, 0.29) is 5.91 Å². The fourth-order valence-electron chi connectivity index (χ4n) is 1.93. The van der Waals surface area contributed by atoms with E-state index in [0.29, 0.717) is 17.7 Å². The molecule has 2 atom stereocenters. The van der Waals surface area contributed by atoms with Gasteiger partial charge in [0.15, 0.2) is 5.17 Å². The van der Waals surface area contributed by atoms with Crippen LogP contribution in [-0.2, 0) is 4.79 Å². The van der Waals surface area contributed by atoms with Crippen LogP contribution < -0.4 is 5.32 Å². The van der Waals surface area contributed by atoms with Gasteiger partial charge in [-0.15, -0.1) is 0 Å². The van der Waals surface area contributed by atoms with E-state index in [0.717, 1.165) is 11.6 Å². The summed E-state index contributed by atoms with van der Waals surface area (Å²) in [4.78, 5) is 15.5. The van der Waals surface area contributed by atoms with E-state index >= 15 is 0 Å². The van der Waals surface area contributed by atoms with Crippen molar-refractivity contribution in [2.24, 2.45) is 4.99 Å². The third-order valence-corrected chi connectivity index (χ3v) is 3.74. The van der Waals surface area contributed by atoms with Gasteiger partial charge in [0.1, 0.15) is 0 Å². The highest BCUT2D eigenvalue weighted by Gasteiger charge is 2.39. The highest BCUT2D eigenvalue weighted by Crippen LogP contribution is 2.43. The van der Waals surface area contributed by atoms with Crippen LogP contribution in [0.3, 0.4) is 0 Å².